The van der Waals surface area contributed by atoms with Gasteiger partial charge in [0.25, 0.3) is 0 Å². The lowest BCUT2D eigenvalue weighted by Gasteiger charge is -2.37. The van der Waals surface area contributed by atoms with Crippen LogP contribution in [0.3, 0.4) is 0 Å². The van der Waals surface area contributed by atoms with Crippen LogP contribution in [0.4, 0.5) is 0 Å². The molecule has 5 aliphatic carbocycles. The van der Waals surface area contributed by atoms with E-state index in [9.17, 15) is 24.6 Å². The summed E-state index contributed by atoms with van der Waals surface area (Å²) in [5.41, 5.74) is 6.61. The average molecular weight is 570 g/mol. The first-order chi connectivity index (χ1) is 20.2. The Balaban J connectivity index is 1.53. The Morgan fingerprint density at radius 1 is 1.05 bits per heavy atom. The van der Waals surface area contributed by atoms with E-state index in [0.29, 0.717) is 30.6 Å². The van der Waals surface area contributed by atoms with Gasteiger partial charge in [-0.25, -0.2) is 0 Å². The van der Waals surface area contributed by atoms with Crippen LogP contribution in [0.5, 0.6) is 0 Å². The first-order valence-electron chi connectivity index (χ1n) is 15.5. The molecule has 5 aliphatic rings. The van der Waals surface area contributed by atoms with Crippen molar-refractivity contribution in [1.29, 1.82) is 0 Å². The van der Waals surface area contributed by atoms with Crippen molar-refractivity contribution in [2.24, 2.45) is 17.8 Å². The van der Waals surface area contributed by atoms with Gasteiger partial charge in [-0.1, -0.05) is 73.9 Å². The standard InChI is InChI=1S/C36H42O6/c1-4-5-18-42-28(39)17-15-24-11-7-9-13-26-20-22(3)30(32(24)26)34-35(40)33(36(34)41)29-21(2)19-25-12-8-6-10-23(31(25)29)14-16-27(37)38/h7,9,11,13,19-20,23,25,31,40H,4-6,8,10,12,14-18H2,1-3H3,(H,37,38)/p-1/b33-29-. The Hall–Kier alpha value is -3.67. The number of aliphatic carboxylic acids is 1. The predicted octanol–water partition coefficient (Wildman–Crippen LogP) is 6.57. The van der Waals surface area contributed by atoms with E-state index < -0.39 is 5.97 Å². The molecule has 0 aliphatic heterocycles. The van der Waals surface area contributed by atoms with Crippen LogP contribution in [0, 0.1) is 24.7 Å². The van der Waals surface area contributed by atoms with Crippen LogP contribution in [0.25, 0.3) is 16.7 Å². The highest BCUT2D eigenvalue weighted by Gasteiger charge is 2.43. The number of allylic oxidation sites excluding steroid dienone is 5. The zero-order valence-corrected chi connectivity index (χ0v) is 25.0. The molecule has 42 heavy (non-hydrogen) atoms. The Morgan fingerprint density at radius 3 is 2.55 bits per heavy atom. The molecule has 0 aromatic heterocycles. The van der Waals surface area contributed by atoms with Gasteiger partial charge in [0.05, 0.1) is 6.61 Å². The van der Waals surface area contributed by atoms with Crippen LogP contribution in [-0.2, 0) is 25.5 Å². The fourth-order valence-electron chi connectivity index (χ4n) is 7.45. The van der Waals surface area contributed by atoms with Gasteiger partial charge in [-0.15, -0.1) is 0 Å². The Labute approximate surface area is 248 Å². The van der Waals surface area contributed by atoms with E-state index >= 15 is 0 Å². The zero-order chi connectivity index (χ0) is 30.0. The molecule has 222 valence electrons. The fourth-order valence-corrected chi connectivity index (χ4v) is 7.45. The molecule has 0 spiro atoms. The van der Waals surface area contributed by atoms with Gasteiger partial charge >= 0.3 is 11.9 Å². The summed E-state index contributed by atoms with van der Waals surface area (Å²) in [5.74, 6) is -1.09. The van der Waals surface area contributed by atoms with E-state index in [2.05, 4.69) is 6.08 Å². The van der Waals surface area contributed by atoms with Gasteiger partial charge in [0.1, 0.15) is 0 Å². The number of hydrogen-bond donors (Lipinski definition) is 1. The molecule has 0 saturated heterocycles. The molecular weight excluding hydrogens is 528 g/mol. The van der Waals surface area contributed by atoms with Crippen LogP contribution >= 0.6 is 0 Å². The molecule has 6 heteroatoms. The maximum Gasteiger partial charge on any atom is 0.306 e. The lowest BCUT2D eigenvalue weighted by Crippen LogP contribution is -2.33. The molecule has 0 bridgehead atoms. The lowest BCUT2D eigenvalue weighted by atomic mass is 9.71. The monoisotopic (exact) mass is 569 g/mol. The molecule has 3 unspecified atom stereocenters. The smallest absolute Gasteiger partial charge is 0.306 e. The van der Waals surface area contributed by atoms with Gasteiger partial charge in [-0.05, 0) is 97.1 Å². The number of fused-ring (bicyclic) bond motifs is 2. The van der Waals surface area contributed by atoms with E-state index in [1.807, 2.05) is 51.1 Å². The number of carboxylic acid groups (broad SMARTS) is 1. The molecule has 6 nitrogen and oxygen atoms in total. The minimum absolute atomic E-state index is 0.0147. The minimum Gasteiger partial charge on any atom is -0.871 e. The predicted molar refractivity (Wildman–Crippen MR) is 161 cm³/mol. The topological polar surface area (TPSA) is 104 Å². The van der Waals surface area contributed by atoms with E-state index in [4.69, 9.17) is 4.74 Å². The summed E-state index contributed by atoms with van der Waals surface area (Å²) >= 11 is 0. The summed E-state index contributed by atoms with van der Waals surface area (Å²) in [6.07, 6.45) is 9.35. The van der Waals surface area contributed by atoms with Crippen LogP contribution in [-0.4, -0.2) is 29.4 Å². The number of aryl methyl sites for hydroxylation is 2. The quantitative estimate of drug-likeness (QED) is 0.197. The van der Waals surface area contributed by atoms with Gasteiger partial charge in [-0.2, -0.15) is 0 Å². The molecule has 1 N–H and O–H groups in total. The van der Waals surface area contributed by atoms with E-state index in [1.165, 1.54) is 0 Å². The molecule has 3 atom stereocenters. The summed E-state index contributed by atoms with van der Waals surface area (Å²) in [6, 6.07) is 9.82. The van der Waals surface area contributed by atoms with Gasteiger partial charge in [0.15, 0.2) is 5.78 Å². The molecule has 0 radical (unpaired) electrons. The highest BCUT2D eigenvalue weighted by atomic mass is 16.5. The van der Waals surface area contributed by atoms with E-state index in [0.717, 1.165) is 71.9 Å². The molecule has 1 saturated carbocycles. The summed E-state index contributed by atoms with van der Waals surface area (Å²) in [6.45, 7) is 6.39. The first-order valence-corrected chi connectivity index (χ1v) is 15.5. The van der Waals surface area contributed by atoms with Crippen LogP contribution < -0.4 is 5.11 Å². The van der Waals surface area contributed by atoms with Crippen LogP contribution in [0.15, 0.2) is 58.9 Å². The van der Waals surface area contributed by atoms with Crippen molar-refractivity contribution < 1.29 is 29.3 Å². The second kappa shape index (κ2) is 12.7. The number of ether oxygens (including phenoxy) is 1. The van der Waals surface area contributed by atoms with Crippen molar-refractivity contribution in [1.82, 2.24) is 0 Å². The first kappa shape index (κ1) is 29.8. The Kier molecular flexibility index (Phi) is 9.00. The van der Waals surface area contributed by atoms with Crippen molar-refractivity contribution in [3.05, 3.63) is 75.6 Å². The normalized spacial score (nSPS) is 23.8. The average Bonchev–Trinajstić information content (AvgIpc) is 3.24. The summed E-state index contributed by atoms with van der Waals surface area (Å²) in [4.78, 5) is 37.8. The second-order valence-electron chi connectivity index (χ2n) is 12.2. The number of ketones is 1. The SMILES string of the molecule is CCCCOC(=O)CCc1ccccc2cc(C)c(C3=C([O-])/C(=C4\C(C)=CC5CCCCC(CCC(=O)O)C45)C3=O)c1-2. The molecular formula is C36H41O6-. The molecule has 1 fully saturated rings. The van der Waals surface area contributed by atoms with Gasteiger partial charge in [0.2, 0.25) is 0 Å². The third kappa shape index (κ3) is 5.68. The second-order valence-corrected chi connectivity index (χ2v) is 12.2. The third-order valence-electron chi connectivity index (χ3n) is 9.38. The largest absolute Gasteiger partial charge is 0.871 e. The maximum atomic E-state index is 14.0. The number of hydrogen-bond acceptors (Lipinski definition) is 5. The van der Waals surface area contributed by atoms with Gasteiger partial charge < -0.3 is 14.9 Å². The summed E-state index contributed by atoms with van der Waals surface area (Å²) < 4.78 is 5.36. The third-order valence-corrected chi connectivity index (χ3v) is 9.38. The lowest BCUT2D eigenvalue weighted by molar-refractivity contribution is -0.297. The van der Waals surface area contributed by atoms with Gasteiger partial charge in [-0.3, -0.25) is 14.4 Å². The van der Waals surface area contributed by atoms with Crippen LogP contribution in [0.2, 0.25) is 0 Å². The Morgan fingerprint density at radius 2 is 1.81 bits per heavy atom. The highest BCUT2D eigenvalue weighted by Crippen LogP contribution is 2.53. The highest BCUT2D eigenvalue weighted by molar-refractivity contribution is 6.40. The molecule has 0 aromatic rings. The Bertz CT molecular complexity index is 1460. The van der Waals surface area contributed by atoms with Crippen molar-refractivity contribution in [3.63, 3.8) is 0 Å². The number of esters is 1. The number of unbranched alkanes of at least 4 members (excludes halogenated alkanes) is 1. The zero-order valence-electron chi connectivity index (χ0n) is 25.0. The minimum atomic E-state index is -0.809. The number of Topliss-reactive ketones (excluding diaryl/α,β-unsaturated/α-hetero) is 1. The van der Waals surface area contributed by atoms with E-state index in [-0.39, 0.29) is 53.7 Å². The molecule has 5 rings (SSSR count). The molecule has 0 amide bonds. The number of rotatable bonds is 10. The number of carbonyl (C=O) groups excluding carboxylic acids is 2. The van der Waals surface area contributed by atoms with E-state index in [1.54, 1.807) is 0 Å². The van der Waals surface area contributed by atoms with Crippen molar-refractivity contribution in [2.45, 2.75) is 85.0 Å². The van der Waals surface area contributed by atoms with Gasteiger partial charge in [0, 0.05) is 24.0 Å². The van der Waals surface area contributed by atoms with Crippen molar-refractivity contribution >= 4 is 23.3 Å². The molecule has 0 heterocycles. The summed E-state index contributed by atoms with van der Waals surface area (Å²) in [5, 5.41) is 23.4. The van der Waals surface area contributed by atoms with Crippen LogP contribution in [0.1, 0.15) is 88.3 Å². The number of carboxylic acids is 1. The number of carbonyl (C=O) groups is 3. The fraction of sp³-hybridized carbons (Fsp3) is 0.472. The van der Waals surface area contributed by atoms with Crippen molar-refractivity contribution in [2.75, 3.05) is 6.61 Å². The summed E-state index contributed by atoms with van der Waals surface area (Å²) in [7, 11) is 0. The molecule has 0 aromatic carbocycles. The van der Waals surface area contributed by atoms with Crippen molar-refractivity contribution in [3.8, 4) is 11.1 Å². The maximum absolute atomic E-state index is 14.0.